The highest BCUT2D eigenvalue weighted by Crippen LogP contribution is 2.38. The Hall–Kier alpha value is -3.69. The van der Waals surface area contributed by atoms with E-state index in [9.17, 15) is 24.0 Å². The molecule has 10 nitrogen and oxygen atoms in total. The number of carbonyl (C=O) groups is 5. The van der Waals surface area contributed by atoms with E-state index in [0.717, 1.165) is 12.5 Å². The zero-order valence-electron chi connectivity index (χ0n) is 23.1. The predicted molar refractivity (Wildman–Crippen MR) is 140 cm³/mol. The minimum atomic E-state index is -1.77. The molecule has 1 aliphatic carbocycles. The van der Waals surface area contributed by atoms with E-state index in [4.69, 9.17) is 9.47 Å². The molecule has 6 atom stereocenters. The average Bonchev–Trinajstić information content (AvgIpc) is 2.83. The molecular formula is C28H38N2O8. The molecule has 0 aromatic heterocycles. The third kappa shape index (κ3) is 7.90. The summed E-state index contributed by atoms with van der Waals surface area (Å²) in [5.41, 5.74) is -0.806. The van der Waals surface area contributed by atoms with Gasteiger partial charge in [-0.1, -0.05) is 55.9 Å². The summed E-state index contributed by atoms with van der Waals surface area (Å²) in [4.78, 5) is 63.9. The molecule has 0 saturated carbocycles. The van der Waals surface area contributed by atoms with Gasteiger partial charge in [0.2, 0.25) is 0 Å². The van der Waals surface area contributed by atoms with Crippen molar-refractivity contribution >= 4 is 29.9 Å². The monoisotopic (exact) mass is 530 g/mol. The Morgan fingerprint density at radius 3 is 2.39 bits per heavy atom. The fourth-order valence-corrected chi connectivity index (χ4v) is 4.20. The number of nitrogens with one attached hydrogen (secondary N) is 1. The van der Waals surface area contributed by atoms with Crippen LogP contribution in [0.3, 0.4) is 0 Å². The van der Waals surface area contributed by atoms with Gasteiger partial charge in [0.25, 0.3) is 0 Å². The molecule has 2 heterocycles. The standard InChI is InChI=1S/C28H38N2O8/c1-17-12-13-18(2)16-22-19(3)24(32)28(5,25(33)38-22)23(29-26(34)36-20(4)31)11-9-8-10-21(15-14-17)37-27(35)30(6)7/h8-14,18-19,21-23H,15-16H2,1-7H3,(H,29,34)/b10-8+,11-9+,13-12+,17-14+. The second-order valence-electron chi connectivity index (χ2n) is 10.1. The lowest BCUT2D eigenvalue weighted by Gasteiger charge is -2.42. The number of esters is 2. The Morgan fingerprint density at radius 2 is 1.76 bits per heavy atom. The molecule has 2 amide bonds. The van der Waals surface area contributed by atoms with Crippen LogP contribution in [0.25, 0.3) is 0 Å². The molecule has 6 unspecified atom stereocenters. The van der Waals surface area contributed by atoms with Crippen LogP contribution < -0.4 is 5.32 Å². The van der Waals surface area contributed by atoms with Gasteiger partial charge in [-0.15, -0.1) is 0 Å². The number of rotatable bonds is 2. The molecular weight excluding hydrogens is 492 g/mol. The van der Waals surface area contributed by atoms with Crippen molar-refractivity contribution in [1.82, 2.24) is 10.2 Å². The van der Waals surface area contributed by atoms with E-state index in [1.165, 1.54) is 24.0 Å². The number of alkyl carbamates (subject to hydrolysis) is 1. The molecule has 1 N–H and O–H groups in total. The van der Waals surface area contributed by atoms with Crippen LogP contribution in [0.2, 0.25) is 0 Å². The highest BCUT2D eigenvalue weighted by Gasteiger charge is 2.56. The van der Waals surface area contributed by atoms with Crippen molar-refractivity contribution in [2.45, 2.75) is 65.7 Å². The highest BCUT2D eigenvalue weighted by atomic mass is 16.6. The largest absolute Gasteiger partial charge is 0.461 e. The zero-order chi connectivity index (χ0) is 28.6. The van der Waals surface area contributed by atoms with Gasteiger partial charge in [0.1, 0.15) is 17.6 Å². The molecule has 38 heavy (non-hydrogen) atoms. The van der Waals surface area contributed by atoms with E-state index in [2.05, 4.69) is 10.1 Å². The summed E-state index contributed by atoms with van der Waals surface area (Å²) in [5, 5.41) is 2.45. The minimum Gasteiger partial charge on any atom is -0.461 e. The van der Waals surface area contributed by atoms with Crippen molar-refractivity contribution in [1.29, 1.82) is 0 Å². The lowest BCUT2D eigenvalue weighted by molar-refractivity contribution is -0.180. The van der Waals surface area contributed by atoms with Gasteiger partial charge in [0.05, 0.1) is 12.0 Å². The quantitative estimate of drug-likeness (QED) is 0.324. The number of hydrogen-bond acceptors (Lipinski definition) is 8. The fourth-order valence-electron chi connectivity index (χ4n) is 4.20. The molecule has 0 aromatic rings. The van der Waals surface area contributed by atoms with Crippen molar-refractivity contribution in [3.63, 3.8) is 0 Å². The van der Waals surface area contributed by atoms with Crippen LogP contribution in [0.4, 0.5) is 9.59 Å². The zero-order valence-corrected chi connectivity index (χ0v) is 23.1. The van der Waals surface area contributed by atoms with E-state index in [1.54, 1.807) is 33.2 Å². The van der Waals surface area contributed by atoms with Gasteiger partial charge in [-0.25, -0.2) is 9.59 Å². The second kappa shape index (κ2) is 13.2. The van der Waals surface area contributed by atoms with Crippen LogP contribution in [0.1, 0.15) is 47.5 Å². The summed E-state index contributed by atoms with van der Waals surface area (Å²) < 4.78 is 15.9. The van der Waals surface area contributed by atoms with Crippen LogP contribution in [-0.4, -0.2) is 67.2 Å². The van der Waals surface area contributed by atoms with Crippen LogP contribution >= 0.6 is 0 Å². The first kappa shape index (κ1) is 30.5. The highest BCUT2D eigenvalue weighted by molar-refractivity contribution is 6.08. The van der Waals surface area contributed by atoms with Gasteiger partial charge in [0.15, 0.2) is 5.78 Å². The molecule has 3 aliphatic rings. The first-order valence-electron chi connectivity index (χ1n) is 12.6. The van der Waals surface area contributed by atoms with Gasteiger partial charge < -0.3 is 24.4 Å². The van der Waals surface area contributed by atoms with Crippen molar-refractivity contribution in [3.05, 3.63) is 48.1 Å². The summed E-state index contributed by atoms with van der Waals surface area (Å²) >= 11 is 0. The van der Waals surface area contributed by atoms with Gasteiger partial charge >= 0.3 is 24.1 Å². The normalized spacial score (nSPS) is 34.0. The molecule has 1 fully saturated rings. The van der Waals surface area contributed by atoms with E-state index in [-0.39, 0.29) is 5.92 Å². The average molecular weight is 531 g/mol. The van der Waals surface area contributed by atoms with Crippen LogP contribution in [0.15, 0.2) is 48.1 Å². The SMILES string of the molecule is CC(=O)OC(=O)NC1/C=C/C=C/C(OC(=O)N(C)C)C/C=C(C)/C=C/C(C)CC2OC(=O)C1(C)C(=O)C2C. The van der Waals surface area contributed by atoms with Gasteiger partial charge in [-0.05, 0) is 32.3 Å². The smallest absolute Gasteiger partial charge is 0.415 e. The topological polar surface area (TPSA) is 128 Å². The Kier molecular flexibility index (Phi) is 10.6. The van der Waals surface area contributed by atoms with Crippen LogP contribution in [0.5, 0.6) is 0 Å². The Morgan fingerprint density at radius 1 is 1.11 bits per heavy atom. The number of carbonyl (C=O) groups excluding carboxylic acids is 5. The molecule has 3 rings (SSSR count). The number of allylic oxidation sites excluding steroid dienone is 5. The van der Waals surface area contributed by atoms with Crippen molar-refractivity contribution < 1.29 is 38.2 Å². The van der Waals surface area contributed by atoms with Gasteiger partial charge in [-0.2, -0.15) is 0 Å². The molecule has 0 spiro atoms. The number of hydrogen-bond donors (Lipinski definition) is 1. The minimum absolute atomic E-state index is 0.00642. The number of ether oxygens (including phenoxy) is 3. The van der Waals surface area contributed by atoms with Crippen molar-refractivity contribution in [3.8, 4) is 0 Å². The van der Waals surface area contributed by atoms with Crippen LogP contribution in [-0.2, 0) is 28.6 Å². The lowest BCUT2D eigenvalue weighted by atomic mass is 9.70. The molecule has 10 heteroatoms. The van der Waals surface area contributed by atoms with Gasteiger partial charge in [0, 0.05) is 27.4 Å². The Balaban J connectivity index is 2.53. The maximum absolute atomic E-state index is 13.6. The predicted octanol–water partition coefficient (Wildman–Crippen LogP) is 3.88. The third-order valence-corrected chi connectivity index (χ3v) is 6.62. The maximum atomic E-state index is 13.6. The fraction of sp³-hybridized carbons (Fsp3) is 0.536. The summed E-state index contributed by atoms with van der Waals surface area (Å²) in [6, 6.07) is -1.18. The second-order valence-corrected chi connectivity index (χ2v) is 10.1. The molecule has 2 aliphatic heterocycles. The molecule has 0 radical (unpaired) electrons. The summed E-state index contributed by atoms with van der Waals surface area (Å²) in [5.74, 6) is -2.65. The van der Waals surface area contributed by atoms with Crippen molar-refractivity contribution in [2.75, 3.05) is 14.1 Å². The van der Waals surface area contributed by atoms with E-state index >= 15 is 0 Å². The van der Waals surface area contributed by atoms with Crippen molar-refractivity contribution in [2.24, 2.45) is 17.3 Å². The van der Waals surface area contributed by atoms with E-state index in [0.29, 0.717) is 12.8 Å². The molecule has 0 aromatic carbocycles. The lowest BCUT2D eigenvalue weighted by Crippen LogP contribution is -2.61. The number of fused-ring (bicyclic) bond motifs is 10. The van der Waals surface area contributed by atoms with E-state index in [1.807, 2.05) is 32.1 Å². The summed E-state index contributed by atoms with van der Waals surface area (Å²) in [7, 11) is 3.16. The number of ketones is 1. The molecule has 208 valence electrons. The summed E-state index contributed by atoms with van der Waals surface area (Å²) in [6.45, 7) is 8.07. The Bertz CT molecular complexity index is 1060. The van der Waals surface area contributed by atoms with Gasteiger partial charge in [-0.3, -0.25) is 14.4 Å². The molecule has 2 bridgehead atoms. The third-order valence-electron chi connectivity index (χ3n) is 6.62. The number of Topliss-reactive ketones (excluding diaryl/α,β-unsaturated/α-hetero) is 1. The maximum Gasteiger partial charge on any atom is 0.415 e. The first-order valence-corrected chi connectivity index (χ1v) is 12.6. The molecule has 1 saturated heterocycles. The first-order chi connectivity index (χ1) is 17.7. The number of amides is 2. The van der Waals surface area contributed by atoms with E-state index < -0.39 is 59.5 Å². The van der Waals surface area contributed by atoms with Crippen LogP contribution in [0, 0.1) is 17.3 Å². The number of nitrogens with zero attached hydrogens (tertiary/aromatic N) is 1. The summed E-state index contributed by atoms with van der Waals surface area (Å²) in [6.07, 6.45) is 10.1. The Labute approximate surface area is 223 Å².